The second-order valence-electron chi connectivity index (χ2n) is 2.94. The van der Waals surface area contributed by atoms with Crippen LogP contribution >= 0.6 is 0 Å². The molecule has 0 spiro atoms. The number of hydrogen-bond acceptors (Lipinski definition) is 4. The van der Waals surface area contributed by atoms with Crippen LogP contribution in [0.1, 0.15) is 15.9 Å². The van der Waals surface area contributed by atoms with Gasteiger partial charge in [0, 0.05) is 11.8 Å². The minimum atomic E-state index is -1.02. The van der Waals surface area contributed by atoms with Crippen molar-refractivity contribution in [1.82, 2.24) is 0 Å². The average molecular weight is 221 g/mol. The van der Waals surface area contributed by atoms with Crippen LogP contribution in [0.25, 0.3) is 0 Å². The van der Waals surface area contributed by atoms with Gasteiger partial charge in [-0.2, -0.15) is 0 Å². The summed E-state index contributed by atoms with van der Waals surface area (Å²) in [6.45, 7) is -0.324. The van der Waals surface area contributed by atoms with Crippen molar-refractivity contribution in [1.29, 1.82) is 0 Å². The van der Waals surface area contributed by atoms with Crippen LogP contribution in [0.5, 0.6) is 0 Å². The zero-order valence-electron chi connectivity index (χ0n) is 8.71. The van der Waals surface area contributed by atoms with Crippen molar-refractivity contribution in [2.24, 2.45) is 4.99 Å². The Bertz CT molecular complexity index is 426. The number of carboxylic acids is 1. The van der Waals surface area contributed by atoms with Crippen LogP contribution < -0.4 is 0 Å². The molecule has 0 saturated heterocycles. The molecule has 0 aliphatic carbocycles. The molecule has 0 saturated carbocycles. The Hall–Kier alpha value is -2.17. The molecular formula is C11H11NO4. The van der Waals surface area contributed by atoms with E-state index in [1.165, 1.54) is 13.3 Å². The summed E-state index contributed by atoms with van der Waals surface area (Å²) in [5, 5.41) is 8.41. The molecule has 0 fully saturated rings. The summed E-state index contributed by atoms with van der Waals surface area (Å²) in [5.74, 6) is -1.50. The second-order valence-corrected chi connectivity index (χ2v) is 2.94. The summed E-state index contributed by atoms with van der Waals surface area (Å²) in [7, 11) is 1.29. The van der Waals surface area contributed by atoms with E-state index in [2.05, 4.69) is 9.73 Å². The van der Waals surface area contributed by atoms with Crippen LogP contribution in [0.15, 0.2) is 29.3 Å². The summed E-state index contributed by atoms with van der Waals surface area (Å²) in [4.78, 5) is 25.3. The van der Waals surface area contributed by atoms with Crippen molar-refractivity contribution in [3.05, 3.63) is 35.4 Å². The van der Waals surface area contributed by atoms with Gasteiger partial charge in [-0.05, 0) is 6.07 Å². The number of carboxylic acid groups (broad SMARTS) is 1. The van der Waals surface area contributed by atoms with Crippen LogP contribution in [0, 0.1) is 0 Å². The largest absolute Gasteiger partial charge is 0.480 e. The number of benzene rings is 1. The molecule has 5 nitrogen and oxygen atoms in total. The highest BCUT2D eigenvalue weighted by Crippen LogP contribution is 2.07. The number of ether oxygens (including phenoxy) is 1. The number of methoxy groups -OCH3 is 1. The number of carbonyl (C=O) groups excluding carboxylic acids is 1. The lowest BCUT2D eigenvalue weighted by atomic mass is 10.1. The third-order valence-corrected chi connectivity index (χ3v) is 1.82. The average Bonchev–Trinajstić information content (AvgIpc) is 2.28. The predicted molar refractivity (Wildman–Crippen MR) is 57.9 cm³/mol. The molecule has 0 aromatic heterocycles. The Kier molecular flexibility index (Phi) is 4.20. The maximum Gasteiger partial charge on any atom is 0.338 e. The first-order valence-corrected chi connectivity index (χ1v) is 4.54. The fourth-order valence-electron chi connectivity index (χ4n) is 1.13. The van der Waals surface area contributed by atoms with E-state index in [-0.39, 0.29) is 6.54 Å². The fraction of sp³-hybridized carbons (Fsp3) is 0.182. The third kappa shape index (κ3) is 3.20. The van der Waals surface area contributed by atoms with Gasteiger partial charge >= 0.3 is 11.9 Å². The van der Waals surface area contributed by atoms with Crippen molar-refractivity contribution in [2.45, 2.75) is 0 Å². The maximum absolute atomic E-state index is 11.3. The number of esters is 1. The first kappa shape index (κ1) is 11.9. The van der Waals surface area contributed by atoms with Crippen molar-refractivity contribution >= 4 is 18.2 Å². The van der Waals surface area contributed by atoms with Gasteiger partial charge in [0.25, 0.3) is 0 Å². The minimum Gasteiger partial charge on any atom is -0.480 e. The van der Waals surface area contributed by atoms with Gasteiger partial charge in [-0.15, -0.1) is 0 Å². The van der Waals surface area contributed by atoms with Gasteiger partial charge in [0.1, 0.15) is 6.54 Å². The van der Waals surface area contributed by atoms with Crippen LogP contribution in [0.3, 0.4) is 0 Å². The number of carbonyl (C=O) groups is 2. The first-order chi connectivity index (χ1) is 7.65. The molecule has 0 atom stereocenters. The molecule has 0 unspecified atom stereocenters. The topological polar surface area (TPSA) is 76.0 Å². The zero-order chi connectivity index (χ0) is 12.0. The molecule has 1 N–H and O–H groups in total. The quantitative estimate of drug-likeness (QED) is 0.607. The molecule has 0 radical (unpaired) electrons. The lowest BCUT2D eigenvalue weighted by Crippen LogP contribution is -2.06. The van der Waals surface area contributed by atoms with E-state index in [0.717, 1.165) is 0 Å². The number of aliphatic carboxylic acids is 1. The van der Waals surface area contributed by atoms with Crippen LogP contribution in [0.4, 0.5) is 0 Å². The molecule has 1 aromatic carbocycles. The number of hydrogen-bond donors (Lipinski definition) is 1. The van der Waals surface area contributed by atoms with Gasteiger partial charge < -0.3 is 9.84 Å². The van der Waals surface area contributed by atoms with Gasteiger partial charge in [-0.25, -0.2) is 4.79 Å². The van der Waals surface area contributed by atoms with Crippen molar-refractivity contribution in [3.63, 3.8) is 0 Å². The van der Waals surface area contributed by atoms with Gasteiger partial charge in [-0.1, -0.05) is 18.2 Å². The normalized spacial score (nSPS) is 10.3. The summed E-state index contributed by atoms with van der Waals surface area (Å²) < 4.78 is 4.59. The van der Waals surface area contributed by atoms with E-state index in [1.807, 2.05) is 0 Å². The lowest BCUT2D eigenvalue weighted by Gasteiger charge is -2.02. The van der Waals surface area contributed by atoms with E-state index in [0.29, 0.717) is 11.1 Å². The summed E-state index contributed by atoms with van der Waals surface area (Å²) in [5.41, 5.74) is 0.898. The highest BCUT2D eigenvalue weighted by atomic mass is 16.5. The predicted octanol–water partition coefficient (Wildman–Crippen LogP) is 0.977. The molecule has 84 valence electrons. The number of aliphatic imine (C=N–C) groups is 1. The molecule has 0 bridgehead atoms. The first-order valence-electron chi connectivity index (χ1n) is 4.54. The highest BCUT2D eigenvalue weighted by molar-refractivity contribution is 5.99. The smallest absolute Gasteiger partial charge is 0.338 e. The Morgan fingerprint density at radius 3 is 2.75 bits per heavy atom. The second kappa shape index (κ2) is 5.65. The summed E-state index contributed by atoms with van der Waals surface area (Å²) in [6.07, 6.45) is 1.35. The number of nitrogens with zero attached hydrogens (tertiary/aromatic N) is 1. The summed E-state index contributed by atoms with van der Waals surface area (Å²) in [6, 6.07) is 6.68. The Morgan fingerprint density at radius 1 is 1.44 bits per heavy atom. The molecule has 5 heteroatoms. The van der Waals surface area contributed by atoms with E-state index in [9.17, 15) is 9.59 Å². The lowest BCUT2D eigenvalue weighted by molar-refractivity contribution is -0.135. The number of rotatable bonds is 4. The van der Waals surface area contributed by atoms with Gasteiger partial charge in [0.2, 0.25) is 0 Å². The van der Waals surface area contributed by atoms with E-state index >= 15 is 0 Å². The van der Waals surface area contributed by atoms with E-state index in [4.69, 9.17) is 5.11 Å². The minimum absolute atomic E-state index is 0.324. The van der Waals surface area contributed by atoms with Crippen molar-refractivity contribution in [2.75, 3.05) is 13.7 Å². The van der Waals surface area contributed by atoms with Crippen molar-refractivity contribution in [3.8, 4) is 0 Å². The van der Waals surface area contributed by atoms with Gasteiger partial charge in [0.05, 0.1) is 12.7 Å². The molecule has 16 heavy (non-hydrogen) atoms. The van der Waals surface area contributed by atoms with Crippen LogP contribution in [-0.2, 0) is 9.53 Å². The van der Waals surface area contributed by atoms with E-state index in [1.54, 1.807) is 24.3 Å². The molecule has 0 aliphatic heterocycles. The van der Waals surface area contributed by atoms with E-state index < -0.39 is 11.9 Å². The summed E-state index contributed by atoms with van der Waals surface area (Å²) >= 11 is 0. The molecule has 1 aromatic rings. The molecular weight excluding hydrogens is 210 g/mol. The zero-order valence-corrected chi connectivity index (χ0v) is 8.71. The van der Waals surface area contributed by atoms with Crippen molar-refractivity contribution < 1.29 is 19.4 Å². The Labute approximate surface area is 92.4 Å². The fourth-order valence-corrected chi connectivity index (χ4v) is 1.13. The van der Waals surface area contributed by atoms with Crippen LogP contribution in [-0.4, -0.2) is 36.9 Å². The SMILES string of the molecule is COC(=O)c1ccccc1C=NCC(=O)O. The molecule has 0 aliphatic rings. The molecule has 0 amide bonds. The molecule has 0 heterocycles. The highest BCUT2D eigenvalue weighted by Gasteiger charge is 2.08. The van der Waals surface area contributed by atoms with Gasteiger partial charge in [0.15, 0.2) is 0 Å². The monoisotopic (exact) mass is 221 g/mol. The Morgan fingerprint density at radius 2 is 2.12 bits per heavy atom. The standard InChI is InChI=1S/C11H11NO4/c1-16-11(15)9-5-3-2-4-8(9)6-12-7-10(13)14/h2-6H,7H2,1H3,(H,13,14). The molecule has 1 rings (SSSR count). The Balaban J connectivity index is 2.91. The van der Waals surface area contributed by atoms with Crippen LogP contribution in [0.2, 0.25) is 0 Å². The third-order valence-electron chi connectivity index (χ3n) is 1.82. The maximum atomic E-state index is 11.3. The van der Waals surface area contributed by atoms with Gasteiger partial charge in [-0.3, -0.25) is 9.79 Å².